The minimum absolute atomic E-state index is 0.113. The fourth-order valence-corrected chi connectivity index (χ4v) is 2.98. The van der Waals surface area contributed by atoms with Crippen LogP contribution in [0.15, 0.2) is 23.3 Å². The average Bonchev–Trinajstić information content (AvgIpc) is 3.03. The number of hydrogen-bond donors (Lipinski definition) is 3. The van der Waals surface area contributed by atoms with E-state index in [0.29, 0.717) is 25.5 Å². The Morgan fingerprint density at radius 2 is 2.03 bits per heavy atom. The van der Waals surface area contributed by atoms with E-state index in [0.717, 1.165) is 6.07 Å². The molecule has 1 fully saturated rings. The third kappa shape index (κ3) is 7.95. The molecule has 164 valence electrons. The van der Waals surface area contributed by atoms with Gasteiger partial charge in [-0.2, -0.15) is 26.3 Å². The third-order valence-electron chi connectivity index (χ3n) is 4.15. The number of likely N-dealkylation sites (tertiary alicyclic amines) is 1. The summed E-state index contributed by atoms with van der Waals surface area (Å²) in [4.78, 5) is 9.30. The van der Waals surface area contributed by atoms with Gasteiger partial charge in [0.2, 0.25) is 0 Å². The first kappa shape index (κ1) is 23.0. The normalized spacial score (nSPS) is 18.7. The topological polar surface area (TPSA) is 64.6 Å². The van der Waals surface area contributed by atoms with Crippen LogP contribution < -0.4 is 16.0 Å². The molecular formula is C17H24F6N6. The van der Waals surface area contributed by atoms with Crippen molar-refractivity contribution in [3.8, 4) is 0 Å². The van der Waals surface area contributed by atoms with Crippen LogP contribution in [0, 0.1) is 0 Å². The number of nitrogens with zero attached hydrogens (tertiary/aromatic N) is 3. The molecule has 1 aliphatic rings. The maximum atomic E-state index is 12.9. The SMILES string of the molecule is CCNC(=NCCNc1ncccc1C(F)(F)F)NC1CCN(CC(F)(F)F)C1. The average molecular weight is 426 g/mol. The van der Waals surface area contributed by atoms with Crippen molar-refractivity contribution >= 4 is 11.8 Å². The first-order chi connectivity index (χ1) is 13.6. The zero-order valence-corrected chi connectivity index (χ0v) is 15.9. The minimum Gasteiger partial charge on any atom is -0.368 e. The standard InChI is InChI=1S/C17H24F6N6/c1-2-24-15(28-12-5-9-29(10-12)11-16(18,19)20)27-8-7-26-14-13(17(21,22)23)4-3-6-25-14/h3-4,6,12H,2,5,7-11H2,1H3,(H,25,26)(H2,24,27,28). The van der Waals surface area contributed by atoms with Gasteiger partial charge in [0, 0.05) is 38.4 Å². The largest absolute Gasteiger partial charge is 0.419 e. The van der Waals surface area contributed by atoms with Crippen LogP contribution in [-0.4, -0.2) is 67.3 Å². The Balaban J connectivity index is 1.86. The second kappa shape index (κ2) is 9.99. The summed E-state index contributed by atoms with van der Waals surface area (Å²) in [5.41, 5.74) is -0.857. The van der Waals surface area contributed by atoms with Gasteiger partial charge in [0.25, 0.3) is 0 Å². The lowest BCUT2D eigenvalue weighted by molar-refractivity contribution is -0.143. The lowest BCUT2D eigenvalue weighted by Gasteiger charge is -2.20. The van der Waals surface area contributed by atoms with Crippen molar-refractivity contribution in [3.05, 3.63) is 23.9 Å². The molecule has 3 N–H and O–H groups in total. The van der Waals surface area contributed by atoms with Crippen LogP contribution in [0.3, 0.4) is 0 Å². The van der Waals surface area contributed by atoms with Crippen LogP contribution in [0.2, 0.25) is 0 Å². The van der Waals surface area contributed by atoms with Gasteiger partial charge in [0.05, 0.1) is 18.7 Å². The number of aromatic nitrogens is 1. The molecular weight excluding hydrogens is 402 g/mol. The number of pyridine rings is 1. The summed E-state index contributed by atoms with van der Waals surface area (Å²) in [6.07, 6.45) is -6.94. The Kier molecular flexibility index (Phi) is 7.94. The summed E-state index contributed by atoms with van der Waals surface area (Å²) >= 11 is 0. The van der Waals surface area contributed by atoms with E-state index in [4.69, 9.17) is 0 Å². The molecule has 0 amide bonds. The van der Waals surface area contributed by atoms with Crippen LogP contribution in [0.5, 0.6) is 0 Å². The highest BCUT2D eigenvalue weighted by Gasteiger charge is 2.35. The summed E-state index contributed by atoms with van der Waals surface area (Å²) in [7, 11) is 0. The first-order valence-corrected chi connectivity index (χ1v) is 9.18. The predicted octanol–water partition coefficient (Wildman–Crippen LogP) is 2.70. The highest BCUT2D eigenvalue weighted by molar-refractivity contribution is 5.80. The molecule has 29 heavy (non-hydrogen) atoms. The minimum atomic E-state index is -4.51. The van der Waals surface area contributed by atoms with Crippen molar-refractivity contribution in [3.63, 3.8) is 0 Å². The summed E-state index contributed by atoms with van der Waals surface area (Å²) in [5.74, 6) is 0.136. The molecule has 0 bridgehead atoms. The molecule has 1 aromatic rings. The summed E-state index contributed by atoms with van der Waals surface area (Å²) in [6, 6.07) is 1.97. The quantitative estimate of drug-likeness (QED) is 0.271. The molecule has 1 atom stereocenters. The highest BCUT2D eigenvalue weighted by Crippen LogP contribution is 2.33. The van der Waals surface area contributed by atoms with Crippen LogP contribution in [0.4, 0.5) is 32.2 Å². The number of guanidine groups is 1. The number of alkyl halides is 6. The maximum absolute atomic E-state index is 12.9. The molecule has 12 heteroatoms. The molecule has 2 rings (SSSR count). The van der Waals surface area contributed by atoms with Gasteiger partial charge in [-0.1, -0.05) is 0 Å². The number of nitrogens with one attached hydrogen (secondary N) is 3. The number of aliphatic imine (C=N–C) groups is 1. The van der Waals surface area contributed by atoms with Crippen molar-refractivity contribution < 1.29 is 26.3 Å². The maximum Gasteiger partial charge on any atom is 0.419 e. The van der Waals surface area contributed by atoms with Gasteiger partial charge >= 0.3 is 12.4 Å². The molecule has 6 nitrogen and oxygen atoms in total. The predicted molar refractivity (Wildman–Crippen MR) is 97.7 cm³/mol. The van der Waals surface area contributed by atoms with E-state index in [9.17, 15) is 26.3 Å². The molecule has 2 heterocycles. The zero-order chi connectivity index (χ0) is 21.5. The fourth-order valence-electron chi connectivity index (χ4n) is 2.98. The van der Waals surface area contributed by atoms with Gasteiger partial charge < -0.3 is 16.0 Å². The summed E-state index contributed by atoms with van der Waals surface area (Å²) in [5, 5.41) is 8.67. The van der Waals surface area contributed by atoms with E-state index >= 15 is 0 Å². The number of hydrogen-bond acceptors (Lipinski definition) is 4. The van der Waals surface area contributed by atoms with E-state index in [1.54, 1.807) is 0 Å². The zero-order valence-electron chi connectivity index (χ0n) is 15.9. The Bertz CT molecular complexity index is 675. The van der Waals surface area contributed by atoms with E-state index in [1.165, 1.54) is 17.2 Å². The number of halogens is 6. The van der Waals surface area contributed by atoms with E-state index in [2.05, 4.69) is 25.9 Å². The summed E-state index contributed by atoms with van der Waals surface area (Å²) < 4.78 is 76.3. The van der Waals surface area contributed by atoms with Crippen LogP contribution in [0.25, 0.3) is 0 Å². The third-order valence-corrected chi connectivity index (χ3v) is 4.15. The Hall–Kier alpha value is -2.24. The molecule has 0 saturated carbocycles. The van der Waals surface area contributed by atoms with Crippen LogP contribution in [-0.2, 0) is 6.18 Å². The van der Waals surface area contributed by atoms with Crippen molar-refractivity contribution in [2.45, 2.75) is 31.7 Å². The Labute approximate surface area is 164 Å². The molecule has 0 spiro atoms. The van der Waals surface area contributed by atoms with E-state index < -0.39 is 24.5 Å². The monoisotopic (exact) mass is 426 g/mol. The smallest absolute Gasteiger partial charge is 0.368 e. The van der Waals surface area contributed by atoms with Gasteiger partial charge in [0.15, 0.2) is 5.96 Å². The molecule has 1 aromatic heterocycles. The molecule has 1 aliphatic heterocycles. The van der Waals surface area contributed by atoms with Gasteiger partial charge in [-0.15, -0.1) is 0 Å². The Morgan fingerprint density at radius 3 is 2.69 bits per heavy atom. The molecule has 0 aromatic carbocycles. The number of anilines is 1. The molecule has 1 saturated heterocycles. The Morgan fingerprint density at radius 1 is 1.28 bits per heavy atom. The van der Waals surface area contributed by atoms with Crippen LogP contribution in [0.1, 0.15) is 18.9 Å². The van der Waals surface area contributed by atoms with E-state index in [1.807, 2.05) is 6.92 Å². The van der Waals surface area contributed by atoms with Gasteiger partial charge in [-0.25, -0.2) is 4.98 Å². The van der Waals surface area contributed by atoms with Crippen LogP contribution >= 0.6 is 0 Å². The lowest BCUT2D eigenvalue weighted by atomic mass is 10.2. The van der Waals surface area contributed by atoms with Crippen molar-refractivity contribution in [1.82, 2.24) is 20.5 Å². The highest BCUT2D eigenvalue weighted by atomic mass is 19.4. The lowest BCUT2D eigenvalue weighted by Crippen LogP contribution is -2.45. The molecule has 1 unspecified atom stereocenters. The fraction of sp³-hybridized carbons (Fsp3) is 0.647. The first-order valence-electron chi connectivity index (χ1n) is 9.18. The second-order valence-corrected chi connectivity index (χ2v) is 6.56. The molecule has 0 aliphatic carbocycles. The molecule has 0 radical (unpaired) electrons. The number of rotatable bonds is 7. The van der Waals surface area contributed by atoms with Gasteiger partial charge in [-0.3, -0.25) is 9.89 Å². The van der Waals surface area contributed by atoms with Crippen molar-refractivity contribution in [1.29, 1.82) is 0 Å². The van der Waals surface area contributed by atoms with Gasteiger partial charge in [-0.05, 0) is 25.5 Å². The van der Waals surface area contributed by atoms with E-state index in [-0.39, 0.29) is 31.5 Å². The van der Waals surface area contributed by atoms with Crippen molar-refractivity contribution in [2.24, 2.45) is 4.99 Å². The van der Waals surface area contributed by atoms with Gasteiger partial charge in [0.1, 0.15) is 5.82 Å². The summed E-state index contributed by atoms with van der Waals surface area (Å²) in [6.45, 7) is 2.27. The van der Waals surface area contributed by atoms with Crippen molar-refractivity contribution in [2.75, 3.05) is 44.6 Å². The second-order valence-electron chi connectivity index (χ2n) is 6.56.